The van der Waals surface area contributed by atoms with E-state index in [2.05, 4.69) is 48.7 Å². The van der Waals surface area contributed by atoms with Gasteiger partial charge in [-0.3, -0.25) is 4.79 Å². The van der Waals surface area contributed by atoms with E-state index < -0.39 is 0 Å². The third-order valence-electron chi connectivity index (χ3n) is 3.51. The standard InChI is InChI=1S/C15H22N2O/c1-11(2)15(12-6-4-3-5-7-12)17-13-8-9-14(18)16-10-13/h3-7,11,13,15,17H,8-10H2,1-2H3,(H,16,18). The fraction of sp³-hybridized carbons (Fsp3) is 0.533. The number of piperidine rings is 1. The average Bonchev–Trinajstić information content (AvgIpc) is 2.38. The van der Waals surface area contributed by atoms with Crippen molar-refractivity contribution in [1.82, 2.24) is 10.6 Å². The zero-order valence-electron chi connectivity index (χ0n) is 11.1. The summed E-state index contributed by atoms with van der Waals surface area (Å²) in [4.78, 5) is 11.2. The molecule has 18 heavy (non-hydrogen) atoms. The molecule has 1 heterocycles. The number of carbonyl (C=O) groups is 1. The Morgan fingerprint density at radius 1 is 1.28 bits per heavy atom. The van der Waals surface area contributed by atoms with Crippen LogP contribution in [0, 0.1) is 5.92 Å². The lowest BCUT2D eigenvalue weighted by Gasteiger charge is -2.31. The predicted molar refractivity (Wildman–Crippen MR) is 73.2 cm³/mol. The lowest BCUT2D eigenvalue weighted by Crippen LogP contribution is -2.47. The first-order chi connectivity index (χ1) is 8.66. The van der Waals surface area contributed by atoms with Gasteiger partial charge in [-0.15, -0.1) is 0 Å². The minimum absolute atomic E-state index is 0.175. The van der Waals surface area contributed by atoms with Crippen LogP contribution in [0.1, 0.15) is 38.3 Å². The second-order valence-electron chi connectivity index (χ2n) is 5.34. The Morgan fingerprint density at radius 2 is 2.00 bits per heavy atom. The SMILES string of the molecule is CC(C)C(NC1CCC(=O)NC1)c1ccccc1. The van der Waals surface area contributed by atoms with E-state index in [-0.39, 0.29) is 5.91 Å². The number of rotatable bonds is 4. The molecule has 0 radical (unpaired) electrons. The Kier molecular flexibility index (Phi) is 4.37. The highest BCUT2D eigenvalue weighted by molar-refractivity contribution is 5.76. The Balaban J connectivity index is 2.01. The molecule has 3 heteroatoms. The van der Waals surface area contributed by atoms with E-state index in [1.807, 2.05) is 6.07 Å². The highest BCUT2D eigenvalue weighted by Gasteiger charge is 2.23. The minimum Gasteiger partial charge on any atom is -0.355 e. The maximum atomic E-state index is 11.2. The molecule has 3 nitrogen and oxygen atoms in total. The average molecular weight is 246 g/mol. The molecule has 0 bridgehead atoms. The van der Waals surface area contributed by atoms with Crippen molar-refractivity contribution >= 4 is 5.91 Å². The van der Waals surface area contributed by atoms with E-state index in [0.29, 0.717) is 24.4 Å². The number of nitrogens with one attached hydrogen (secondary N) is 2. The molecule has 1 amide bonds. The molecule has 1 saturated heterocycles. The first-order valence-electron chi connectivity index (χ1n) is 6.74. The molecule has 1 aromatic carbocycles. The third-order valence-corrected chi connectivity index (χ3v) is 3.51. The van der Waals surface area contributed by atoms with Crippen molar-refractivity contribution in [3.05, 3.63) is 35.9 Å². The van der Waals surface area contributed by atoms with Crippen molar-refractivity contribution in [1.29, 1.82) is 0 Å². The second-order valence-corrected chi connectivity index (χ2v) is 5.34. The Hall–Kier alpha value is -1.35. The summed E-state index contributed by atoms with van der Waals surface area (Å²) in [6.07, 6.45) is 1.57. The van der Waals surface area contributed by atoms with Crippen LogP contribution in [0.5, 0.6) is 0 Å². The summed E-state index contributed by atoms with van der Waals surface area (Å²) in [5.41, 5.74) is 1.32. The minimum atomic E-state index is 0.175. The molecule has 1 aliphatic heterocycles. The molecule has 2 rings (SSSR count). The van der Waals surface area contributed by atoms with Gasteiger partial charge in [0.1, 0.15) is 0 Å². The van der Waals surface area contributed by atoms with Crippen molar-refractivity contribution in [3.8, 4) is 0 Å². The Morgan fingerprint density at radius 3 is 2.56 bits per heavy atom. The maximum Gasteiger partial charge on any atom is 0.220 e. The lowest BCUT2D eigenvalue weighted by atomic mass is 9.94. The monoisotopic (exact) mass is 246 g/mol. The van der Waals surface area contributed by atoms with Gasteiger partial charge in [-0.2, -0.15) is 0 Å². The first-order valence-corrected chi connectivity index (χ1v) is 6.74. The molecular weight excluding hydrogens is 224 g/mol. The zero-order chi connectivity index (χ0) is 13.0. The smallest absolute Gasteiger partial charge is 0.220 e. The quantitative estimate of drug-likeness (QED) is 0.855. The predicted octanol–water partition coefficient (Wildman–Crippen LogP) is 2.25. The third kappa shape index (κ3) is 3.33. The molecule has 0 aliphatic carbocycles. The number of hydrogen-bond acceptors (Lipinski definition) is 2. The normalized spacial score (nSPS) is 21.7. The second kappa shape index (κ2) is 6.01. The Labute approximate surface area is 109 Å². The van der Waals surface area contributed by atoms with Gasteiger partial charge in [-0.1, -0.05) is 44.2 Å². The highest BCUT2D eigenvalue weighted by atomic mass is 16.1. The van der Waals surface area contributed by atoms with E-state index in [1.54, 1.807) is 0 Å². The van der Waals surface area contributed by atoms with E-state index in [0.717, 1.165) is 13.0 Å². The molecule has 0 aromatic heterocycles. The van der Waals surface area contributed by atoms with Gasteiger partial charge in [0.05, 0.1) is 0 Å². The molecule has 1 fully saturated rings. The van der Waals surface area contributed by atoms with Gasteiger partial charge in [0.25, 0.3) is 0 Å². The molecule has 2 N–H and O–H groups in total. The van der Waals surface area contributed by atoms with Gasteiger partial charge in [-0.25, -0.2) is 0 Å². The van der Waals surface area contributed by atoms with Crippen LogP contribution < -0.4 is 10.6 Å². The van der Waals surface area contributed by atoms with Gasteiger partial charge < -0.3 is 10.6 Å². The summed E-state index contributed by atoms with van der Waals surface area (Å²) in [6, 6.07) is 11.3. The van der Waals surface area contributed by atoms with Crippen molar-refractivity contribution in [2.45, 2.75) is 38.8 Å². The lowest BCUT2D eigenvalue weighted by molar-refractivity contribution is -0.122. The van der Waals surface area contributed by atoms with Gasteiger partial charge in [0.15, 0.2) is 0 Å². The van der Waals surface area contributed by atoms with Gasteiger partial charge in [0, 0.05) is 25.0 Å². The van der Waals surface area contributed by atoms with E-state index in [1.165, 1.54) is 5.56 Å². The van der Waals surface area contributed by atoms with Crippen LogP contribution in [0.3, 0.4) is 0 Å². The van der Waals surface area contributed by atoms with Crippen LogP contribution in [-0.4, -0.2) is 18.5 Å². The fourth-order valence-electron chi connectivity index (χ4n) is 2.46. The largest absolute Gasteiger partial charge is 0.355 e. The topological polar surface area (TPSA) is 41.1 Å². The number of amides is 1. The molecule has 1 aliphatic rings. The summed E-state index contributed by atoms with van der Waals surface area (Å²) < 4.78 is 0. The molecule has 0 spiro atoms. The van der Waals surface area contributed by atoms with Crippen molar-refractivity contribution in [3.63, 3.8) is 0 Å². The van der Waals surface area contributed by atoms with E-state index in [4.69, 9.17) is 0 Å². The van der Waals surface area contributed by atoms with Crippen molar-refractivity contribution in [2.24, 2.45) is 5.92 Å². The number of carbonyl (C=O) groups excluding carboxylic acids is 1. The van der Waals surface area contributed by atoms with E-state index >= 15 is 0 Å². The molecular formula is C15H22N2O. The summed E-state index contributed by atoms with van der Waals surface area (Å²) >= 11 is 0. The molecule has 2 atom stereocenters. The fourth-order valence-corrected chi connectivity index (χ4v) is 2.46. The number of benzene rings is 1. The van der Waals surface area contributed by atoms with Crippen molar-refractivity contribution in [2.75, 3.05) is 6.54 Å². The maximum absolute atomic E-state index is 11.2. The molecule has 0 saturated carbocycles. The first kappa shape index (κ1) is 13.1. The summed E-state index contributed by atoms with van der Waals surface area (Å²) in [5, 5.41) is 6.60. The van der Waals surface area contributed by atoms with Gasteiger partial charge in [-0.05, 0) is 17.9 Å². The van der Waals surface area contributed by atoms with Crippen LogP contribution in [0.25, 0.3) is 0 Å². The van der Waals surface area contributed by atoms with E-state index in [9.17, 15) is 4.79 Å². The highest BCUT2D eigenvalue weighted by Crippen LogP contribution is 2.23. The van der Waals surface area contributed by atoms with Crippen LogP contribution in [0.4, 0.5) is 0 Å². The van der Waals surface area contributed by atoms with Crippen LogP contribution >= 0.6 is 0 Å². The van der Waals surface area contributed by atoms with Crippen LogP contribution in [-0.2, 0) is 4.79 Å². The van der Waals surface area contributed by atoms with Crippen molar-refractivity contribution < 1.29 is 4.79 Å². The molecule has 98 valence electrons. The van der Waals surface area contributed by atoms with Crippen LogP contribution in [0.2, 0.25) is 0 Å². The summed E-state index contributed by atoms with van der Waals surface area (Å²) in [7, 11) is 0. The molecule has 1 aromatic rings. The van der Waals surface area contributed by atoms with Gasteiger partial charge in [0.2, 0.25) is 5.91 Å². The van der Waals surface area contributed by atoms with Crippen LogP contribution in [0.15, 0.2) is 30.3 Å². The Bertz CT molecular complexity index is 379. The summed E-state index contributed by atoms with van der Waals surface area (Å²) in [5.74, 6) is 0.707. The molecule has 2 unspecified atom stereocenters. The van der Waals surface area contributed by atoms with Gasteiger partial charge >= 0.3 is 0 Å². The zero-order valence-corrected chi connectivity index (χ0v) is 11.1. The summed E-state index contributed by atoms with van der Waals surface area (Å²) in [6.45, 7) is 5.20. The number of hydrogen-bond donors (Lipinski definition) is 2.